The maximum atomic E-state index is 3.74. The lowest BCUT2D eigenvalue weighted by atomic mass is 9.78. The van der Waals surface area contributed by atoms with Gasteiger partial charge in [0, 0.05) is 19.1 Å². The van der Waals surface area contributed by atoms with Crippen LogP contribution in [0.15, 0.2) is 0 Å². The molecule has 1 aliphatic rings. The predicted molar refractivity (Wildman–Crippen MR) is 67.1 cm³/mol. The first-order chi connectivity index (χ1) is 7.11. The average molecular weight is 212 g/mol. The fourth-order valence-electron chi connectivity index (χ4n) is 2.68. The first-order valence-corrected chi connectivity index (χ1v) is 6.49. The summed E-state index contributed by atoms with van der Waals surface area (Å²) in [6.45, 7) is 7.04. The Labute approximate surface area is 95.4 Å². The predicted octanol–water partition coefficient (Wildman–Crippen LogP) is 2.35. The van der Waals surface area contributed by atoms with E-state index in [1.165, 1.54) is 25.7 Å². The molecule has 1 aliphatic carbocycles. The lowest BCUT2D eigenvalue weighted by molar-refractivity contribution is 0.202. The van der Waals surface area contributed by atoms with Crippen LogP contribution >= 0.6 is 0 Å². The maximum Gasteiger partial charge on any atom is 0.0101 e. The van der Waals surface area contributed by atoms with Crippen LogP contribution in [0, 0.1) is 11.8 Å². The number of nitrogens with zero attached hydrogens (tertiary/aromatic N) is 1. The van der Waals surface area contributed by atoms with Crippen LogP contribution < -0.4 is 5.32 Å². The maximum absolute atomic E-state index is 3.74. The Balaban J connectivity index is 2.29. The van der Waals surface area contributed by atoms with Gasteiger partial charge in [-0.1, -0.05) is 26.7 Å². The highest BCUT2D eigenvalue weighted by Crippen LogP contribution is 2.29. The summed E-state index contributed by atoms with van der Waals surface area (Å²) < 4.78 is 0. The fraction of sp³-hybridized carbons (Fsp3) is 1.00. The molecule has 90 valence electrons. The van der Waals surface area contributed by atoms with Gasteiger partial charge in [0.05, 0.1) is 0 Å². The summed E-state index contributed by atoms with van der Waals surface area (Å²) in [7, 11) is 4.28. The second-order valence-electron chi connectivity index (χ2n) is 5.56. The average Bonchev–Trinajstić information content (AvgIpc) is 2.17. The molecule has 0 aromatic heterocycles. The van der Waals surface area contributed by atoms with Crippen molar-refractivity contribution in [3.8, 4) is 0 Å². The molecule has 2 unspecified atom stereocenters. The largest absolute Gasteiger partial charge is 0.312 e. The van der Waals surface area contributed by atoms with Crippen LogP contribution in [0.25, 0.3) is 0 Å². The highest BCUT2D eigenvalue weighted by Gasteiger charge is 2.26. The van der Waals surface area contributed by atoms with E-state index in [1.54, 1.807) is 0 Å². The van der Waals surface area contributed by atoms with Crippen LogP contribution in [0.1, 0.15) is 39.5 Å². The van der Waals surface area contributed by atoms with E-state index < -0.39 is 0 Å². The van der Waals surface area contributed by atoms with Gasteiger partial charge in [0.1, 0.15) is 0 Å². The zero-order chi connectivity index (χ0) is 11.3. The summed E-state index contributed by atoms with van der Waals surface area (Å²) >= 11 is 0. The van der Waals surface area contributed by atoms with E-state index in [9.17, 15) is 0 Å². The molecule has 1 saturated carbocycles. The zero-order valence-corrected chi connectivity index (χ0v) is 10.9. The summed E-state index contributed by atoms with van der Waals surface area (Å²) in [5, 5.41) is 3.74. The molecular formula is C13H28N2. The van der Waals surface area contributed by atoms with Crippen molar-refractivity contribution in [1.82, 2.24) is 10.2 Å². The molecule has 1 fully saturated rings. The second-order valence-corrected chi connectivity index (χ2v) is 5.56. The van der Waals surface area contributed by atoms with E-state index in [4.69, 9.17) is 0 Å². The Morgan fingerprint density at radius 2 is 1.87 bits per heavy atom. The van der Waals surface area contributed by atoms with Crippen molar-refractivity contribution in [3.05, 3.63) is 0 Å². The van der Waals surface area contributed by atoms with E-state index in [0.29, 0.717) is 0 Å². The van der Waals surface area contributed by atoms with Gasteiger partial charge in [-0.05, 0) is 38.8 Å². The van der Waals surface area contributed by atoms with Gasteiger partial charge in [-0.15, -0.1) is 0 Å². The summed E-state index contributed by atoms with van der Waals surface area (Å²) in [5.41, 5.74) is 0. The molecule has 1 N–H and O–H groups in total. The zero-order valence-electron chi connectivity index (χ0n) is 10.9. The van der Waals surface area contributed by atoms with Crippen molar-refractivity contribution in [2.24, 2.45) is 11.8 Å². The van der Waals surface area contributed by atoms with Crippen molar-refractivity contribution < 1.29 is 0 Å². The lowest BCUT2D eigenvalue weighted by Crippen LogP contribution is -2.43. The van der Waals surface area contributed by atoms with Gasteiger partial charge in [-0.3, -0.25) is 0 Å². The monoisotopic (exact) mass is 212 g/mol. The van der Waals surface area contributed by atoms with Gasteiger partial charge in [0.2, 0.25) is 0 Å². The highest BCUT2D eigenvalue weighted by atomic mass is 15.1. The van der Waals surface area contributed by atoms with Gasteiger partial charge in [0.15, 0.2) is 0 Å². The third kappa shape index (κ3) is 4.52. The number of likely N-dealkylation sites (N-methyl/N-ethyl adjacent to an activating group) is 1. The van der Waals surface area contributed by atoms with Gasteiger partial charge in [-0.25, -0.2) is 0 Å². The standard InChI is InChI=1S/C13H28N2/c1-11(2)12-7-5-6-8-13(12)14-9-10-15(3)4/h11-14H,5-10H2,1-4H3. The van der Waals surface area contributed by atoms with Crippen LogP contribution in [-0.2, 0) is 0 Å². The van der Waals surface area contributed by atoms with Gasteiger partial charge < -0.3 is 10.2 Å². The smallest absolute Gasteiger partial charge is 0.0101 e. The SMILES string of the molecule is CC(C)C1CCCCC1NCCN(C)C. The number of hydrogen-bond acceptors (Lipinski definition) is 2. The first kappa shape index (κ1) is 13.0. The van der Waals surface area contributed by atoms with Crippen LogP contribution in [0.5, 0.6) is 0 Å². The van der Waals surface area contributed by atoms with Gasteiger partial charge in [-0.2, -0.15) is 0 Å². The van der Waals surface area contributed by atoms with Crippen molar-refractivity contribution in [1.29, 1.82) is 0 Å². The van der Waals surface area contributed by atoms with Crippen molar-refractivity contribution in [3.63, 3.8) is 0 Å². The molecule has 2 nitrogen and oxygen atoms in total. The fourth-order valence-corrected chi connectivity index (χ4v) is 2.68. The Morgan fingerprint density at radius 1 is 1.20 bits per heavy atom. The van der Waals surface area contributed by atoms with Gasteiger partial charge >= 0.3 is 0 Å². The molecule has 0 spiro atoms. The Morgan fingerprint density at radius 3 is 2.47 bits per heavy atom. The minimum atomic E-state index is 0.777. The molecule has 0 bridgehead atoms. The normalized spacial score (nSPS) is 27.6. The van der Waals surface area contributed by atoms with E-state index in [2.05, 4.69) is 38.2 Å². The molecule has 0 amide bonds. The first-order valence-electron chi connectivity index (χ1n) is 6.49. The molecule has 0 radical (unpaired) electrons. The highest BCUT2D eigenvalue weighted by molar-refractivity contribution is 4.82. The van der Waals surface area contributed by atoms with Crippen molar-refractivity contribution in [2.45, 2.75) is 45.6 Å². The molecule has 2 atom stereocenters. The summed E-state index contributed by atoms with van der Waals surface area (Å²) in [4.78, 5) is 2.25. The topological polar surface area (TPSA) is 15.3 Å². The van der Waals surface area contributed by atoms with Crippen LogP contribution in [0.2, 0.25) is 0 Å². The summed E-state index contributed by atoms with van der Waals surface area (Å²) in [5.74, 6) is 1.74. The number of hydrogen-bond donors (Lipinski definition) is 1. The molecule has 2 heteroatoms. The van der Waals surface area contributed by atoms with Crippen LogP contribution in [-0.4, -0.2) is 38.1 Å². The van der Waals surface area contributed by atoms with Crippen LogP contribution in [0.4, 0.5) is 0 Å². The van der Waals surface area contributed by atoms with E-state index in [0.717, 1.165) is 31.0 Å². The third-order valence-electron chi connectivity index (χ3n) is 3.64. The minimum Gasteiger partial charge on any atom is -0.312 e. The Hall–Kier alpha value is -0.0800. The third-order valence-corrected chi connectivity index (χ3v) is 3.64. The molecule has 15 heavy (non-hydrogen) atoms. The number of nitrogens with one attached hydrogen (secondary N) is 1. The molecule has 0 heterocycles. The summed E-state index contributed by atoms with van der Waals surface area (Å²) in [6, 6.07) is 0.777. The quantitative estimate of drug-likeness (QED) is 0.752. The molecule has 0 aromatic rings. The summed E-state index contributed by atoms with van der Waals surface area (Å²) in [6.07, 6.45) is 5.67. The molecular weight excluding hydrogens is 184 g/mol. The molecule has 0 aromatic carbocycles. The van der Waals surface area contributed by atoms with E-state index >= 15 is 0 Å². The van der Waals surface area contributed by atoms with E-state index in [1.807, 2.05) is 0 Å². The molecule has 0 saturated heterocycles. The number of rotatable bonds is 5. The minimum absolute atomic E-state index is 0.777. The van der Waals surface area contributed by atoms with E-state index in [-0.39, 0.29) is 0 Å². The second kappa shape index (κ2) is 6.49. The lowest BCUT2D eigenvalue weighted by Gasteiger charge is -2.35. The molecule has 0 aliphatic heterocycles. The van der Waals surface area contributed by atoms with Gasteiger partial charge in [0.25, 0.3) is 0 Å². The molecule has 1 rings (SSSR count). The Kier molecular flexibility index (Phi) is 5.62. The van der Waals surface area contributed by atoms with Crippen LogP contribution in [0.3, 0.4) is 0 Å². The van der Waals surface area contributed by atoms with Crippen molar-refractivity contribution in [2.75, 3.05) is 27.2 Å². The van der Waals surface area contributed by atoms with Crippen molar-refractivity contribution >= 4 is 0 Å². The Bertz CT molecular complexity index is 166.